The molecule has 0 saturated heterocycles. The molecular formula is C14H15N5OS. The molecule has 108 valence electrons. The Morgan fingerprint density at radius 1 is 1.52 bits per heavy atom. The molecule has 3 N–H and O–H groups in total. The van der Waals surface area contributed by atoms with Gasteiger partial charge in [-0.2, -0.15) is 5.10 Å². The summed E-state index contributed by atoms with van der Waals surface area (Å²) in [7, 11) is 1.87. The lowest BCUT2D eigenvalue weighted by Gasteiger charge is -2.03. The van der Waals surface area contributed by atoms with Crippen LogP contribution in [0.25, 0.3) is 10.2 Å². The van der Waals surface area contributed by atoms with Gasteiger partial charge in [-0.1, -0.05) is 0 Å². The summed E-state index contributed by atoms with van der Waals surface area (Å²) < 4.78 is 2.67. The molecule has 6 nitrogen and oxygen atoms in total. The average Bonchev–Trinajstić information content (AvgIpc) is 3.03. The number of hydrogen-bond donors (Lipinski definition) is 2. The second-order valence-corrected chi connectivity index (χ2v) is 5.78. The highest BCUT2D eigenvalue weighted by atomic mass is 32.1. The third-order valence-corrected chi connectivity index (χ3v) is 4.31. The first kappa shape index (κ1) is 13.6. The minimum absolute atomic E-state index is 0.153. The van der Waals surface area contributed by atoms with Crippen LogP contribution in [0.15, 0.2) is 30.7 Å². The van der Waals surface area contributed by atoms with E-state index in [1.807, 2.05) is 25.4 Å². The van der Waals surface area contributed by atoms with Gasteiger partial charge >= 0.3 is 0 Å². The van der Waals surface area contributed by atoms with Gasteiger partial charge in [0.1, 0.15) is 10.4 Å². The zero-order valence-electron chi connectivity index (χ0n) is 11.5. The van der Waals surface area contributed by atoms with E-state index in [4.69, 9.17) is 5.73 Å². The maximum Gasteiger partial charge on any atom is 0.263 e. The number of nitrogens with two attached hydrogens (primary N) is 1. The molecule has 0 unspecified atom stereocenters. The smallest absolute Gasteiger partial charge is 0.263 e. The number of fused-ring (bicyclic) bond motifs is 1. The molecule has 21 heavy (non-hydrogen) atoms. The normalized spacial score (nSPS) is 10.9. The fraction of sp³-hybridized carbons (Fsp3) is 0.214. The highest BCUT2D eigenvalue weighted by molar-refractivity contribution is 7.21. The van der Waals surface area contributed by atoms with E-state index in [0.29, 0.717) is 22.6 Å². The molecule has 3 rings (SSSR count). The second-order valence-electron chi connectivity index (χ2n) is 4.72. The van der Waals surface area contributed by atoms with Crippen LogP contribution in [0.4, 0.5) is 5.69 Å². The monoisotopic (exact) mass is 301 g/mol. The van der Waals surface area contributed by atoms with Crippen molar-refractivity contribution in [1.29, 1.82) is 0 Å². The van der Waals surface area contributed by atoms with Crippen LogP contribution in [-0.2, 0) is 13.5 Å². The largest absolute Gasteiger partial charge is 0.396 e. The number of aromatic nitrogens is 3. The molecular weight excluding hydrogens is 286 g/mol. The number of nitrogens with zero attached hydrogens (tertiary/aromatic N) is 3. The maximum atomic E-state index is 12.2. The lowest BCUT2D eigenvalue weighted by molar-refractivity contribution is 0.0959. The van der Waals surface area contributed by atoms with Gasteiger partial charge in [0.2, 0.25) is 0 Å². The van der Waals surface area contributed by atoms with Crippen LogP contribution < -0.4 is 11.1 Å². The second kappa shape index (κ2) is 5.53. The SMILES string of the molecule is Cn1cc(CCNC(=O)c2sc3cccnc3c2N)cn1. The third kappa shape index (κ3) is 2.73. The number of carbonyl (C=O) groups is 1. The van der Waals surface area contributed by atoms with Crippen molar-refractivity contribution in [2.45, 2.75) is 6.42 Å². The summed E-state index contributed by atoms with van der Waals surface area (Å²) in [6.07, 6.45) is 6.14. The highest BCUT2D eigenvalue weighted by Gasteiger charge is 2.16. The number of hydrogen-bond acceptors (Lipinski definition) is 5. The molecule has 3 aromatic rings. The number of rotatable bonds is 4. The number of nitrogens with one attached hydrogen (secondary N) is 1. The Bertz CT molecular complexity index is 792. The Morgan fingerprint density at radius 2 is 2.38 bits per heavy atom. The minimum atomic E-state index is -0.153. The summed E-state index contributed by atoms with van der Waals surface area (Å²) in [5.74, 6) is -0.153. The number of aryl methyl sites for hydroxylation is 1. The molecule has 0 aliphatic heterocycles. The Kier molecular flexibility index (Phi) is 3.57. The van der Waals surface area contributed by atoms with Gasteiger partial charge in [-0.15, -0.1) is 11.3 Å². The summed E-state index contributed by atoms with van der Waals surface area (Å²) in [6.45, 7) is 0.547. The first-order valence-corrected chi connectivity index (χ1v) is 7.35. The molecule has 0 fully saturated rings. The molecule has 7 heteroatoms. The van der Waals surface area contributed by atoms with Crippen LogP contribution in [0.3, 0.4) is 0 Å². The number of carbonyl (C=O) groups excluding carboxylic acids is 1. The van der Waals surface area contributed by atoms with Gasteiger partial charge in [0.25, 0.3) is 5.91 Å². The van der Waals surface area contributed by atoms with E-state index in [1.54, 1.807) is 17.1 Å². The van der Waals surface area contributed by atoms with Gasteiger partial charge in [0.05, 0.1) is 16.6 Å². The molecule has 0 spiro atoms. The Hall–Kier alpha value is -2.41. The predicted molar refractivity (Wildman–Crippen MR) is 83.3 cm³/mol. The molecule has 0 aromatic carbocycles. The van der Waals surface area contributed by atoms with Crippen LogP contribution in [0.1, 0.15) is 15.2 Å². The Labute approximate surface area is 125 Å². The Balaban J connectivity index is 1.68. The van der Waals surface area contributed by atoms with E-state index in [2.05, 4.69) is 15.4 Å². The zero-order chi connectivity index (χ0) is 14.8. The lowest BCUT2D eigenvalue weighted by atomic mass is 10.2. The summed E-state index contributed by atoms with van der Waals surface area (Å²) >= 11 is 1.37. The third-order valence-electron chi connectivity index (χ3n) is 3.15. The van der Waals surface area contributed by atoms with Gasteiger partial charge in [-0.05, 0) is 24.1 Å². The van der Waals surface area contributed by atoms with Crippen molar-refractivity contribution in [3.8, 4) is 0 Å². The van der Waals surface area contributed by atoms with Crippen LogP contribution in [0, 0.1) is 0 Å². The fourth-order valence-electron chi connectivity index (χ4n) is 2.12. The van der Waals surface area contributed by atoms with Gasteiger partial charge < -0.3 is 11.1 Å². The molecule has 0 atom stereocenters. The summed E-state index contributed by atoms with van der Waals surface area (Å²) in [5, 5.41) is 6.98. The Morgan fingerprint density at radius 3 is 3.10 bits per heavy atom. The van der Waals surface area contributed by atoms with E-state index in [9.17, 15) is 4.79 Å². The van der Waals surface area contributed by atoms with Crippen molar-refractivity contribution in [2.24, 2.45) is 7.05 Å². The van der Waals surface area contributed by atoms with Crippen LogP contribution >= 0.6 is 11.3 Å². The van der Waals surface area contributed by atoms with Crippen LogP contribution in [0.2, 0.25) is 0 Å². The van der Waals surface area contributed by atoms with Crippen molar-refractivity contribution in [1.82, 2.24) is 20.1 Å². The number of amides is 1. The lowest BCUT2D eigenvalue weighted by Crippen LogP contribution is -2.25. The zero-order valence-corrected chi connectivity index (χ0v) is 12.4. The van der Waals surface area contributed by atoms with Gasteiger partial charge in [0.15, 0.2) is 0 Å². The van der Waals surface area contributed by atoms with E-state index in [0.717, 1.165) is 16.7 Å². The van der Waals surface area contributed by atoms with E-state index in [-0.39, 0.29) is 5.91 Å². The molecule has 0 radical (unpaired) electrons. The fourth-order valence-corrected chi connectivity index (χ4v) is 3.12. The summed E-state index contributed by atoms with van der Waals surface area (Å²) in [5.41, 5.74) is 8.23. The molecule has 1 amide bonds. The van der Waals surface area contributed by atoms with Crippen molar-refractivity contribution in [2.75, 3.05) is 12.3 Å². The molecule has 0 saturated carbocycles. The molecule has 3 heterocycles. The average molecular weight is 301 g/mol. The topological polar surface area (TPSA) is 85.8 Å². The molecule has 0 aliphatic rings. The van der Waals surface area contributed by atoms with Crippen molar-refractivity contribution in [3.63, 3.8) is 0 Å². The van der Waals surface area contributed by atoms with E-state index >= 15 is 0 Å². The number of anilines is 1. The maximum absolute atomic E-state index is 12.2. The van der Waals surface area contributed by atoms with Gasteiger partial charge in [0, 0.05) is 26.0 Å². The number of nitrogen functional groups attached to an aromatic ring is 1. The number of thiophene rings is 1. The highest BCUT2D eigenvalue weighted by Crippen LogP contribution is 2.31. The van der Waals surface area contributed by atoms with Crippen LogP contribution in [-0.4, -0.2) is 27.2 Å². The van der Waals surface area contributed by atoms with Crippen LogP contribution in [0.5, 0.6) is 0 Å². The summed E-state index contributed by atoms with van der Waals surface area (Å²) in [4.78, 5) is 16.9. The first-order valence-electron chi connectivity index (χ1n) is 6.54. The van der Waals surface area contributed by atoms with Gasteiger partial charge in [-0.25, -0.2) is 0 Å². The minimum Gasteiger partial charge on any atom is -0.396 e. The van der Waals surface area contributed by atoms with Gasteiger partial charge in [-0.3, -0.25) is 14.5 Å². The molecule has 3 aromatic heterocycles. The van der Waals surface area contributed by atoms with Crippen molar-refractivity contribution in [3.05, 3.63) is 41.2 Å². The van der Waals surface area contributed by atoms with Crippen molar-refractivity contribution < 1.29 is 4.79 Å². The molecule has 0 bridgehead atoms. The van der Waals surface area contributed by atoms with E-state index < -0.39 is 0 Å². The predicted octanol–water partition coefficient (Wildman–Crippen LogP) is 1.58. The van der Waals surface area contributed by atoms with E-state index in [1.165, 1.54) is 11.3 Å². The standard InChI is InChI=1S/C14H15N5OS/c1-19-8-9(7-18-19)4-6-17-14(20)13-11(15)12-10(21-13)3-2-5-16-12/h2-3,5,7-8H,4,6,15H2,1H3,(H,17,20). The first-order chi connectivity index (χ1) is 10.1. The summed E-state index contributed by atoms with van der Waals surface area (Å²) in [6, 6.07) is 3.75. The molecule has 0 aliphatic carbocycles. The quantitative estimate of drug-likeness (QED) is 0.766. The van der Waals surface area contributed by atoms with Crippen molar-refractivity contribution >= 4 is 33.1 Å². The number of pyridine rings is 1.